The van der Waals surface area contributed by atoms with Crippen molar-refractivity contribution in [2.75, 3.05) is 0 Å². The van der Waals surface area contributed by atoms with Gasteiger partial charge in [0, 0.05) is 0 Å². The van der Waals surface area contributed by atoms with Crippen LogP contribution in [0.15, 0.2) is 24.3 Å². The first-order valence-electron chi connectivity index (χ1n) is 2.32. The molecule has 0 aliphatic rings. The second-order valence-electron chi connectivity index (χ2n) is 1.58. The predicted octanol–water partition coefficient (Wildman–Crippen LogP) is 1.15. The molecular weight excluding hydrogens is 91.0 g/mol. The third-order valence-corrected chi connectivity index (χ3v) is 0.863. The predicted molar refractivity (Wildman–Crippen MR) is 37.2 cm³/mol. The average Bonchev–Trinajstić information content (AvgIpc) is 1.69. The molecule has 0 N–H and O–H groups in total. The van der Waals surface area contributed by atoms with Gasteiger partial charge in [0.2, 0.25) is 0 Å². The molecule has 1 aromatic rings. The Morgan fingerprint density at radius 1 is 1.50 bits per heavy atom. The first-order chi connectivity index (χ1) is 3.39. The summed E-state index contributed by atoms with van der Waals surface area (Å²) in [5.41, 5.74) is 1.27. The van der Waals surface area contributed by atoms with Gasteiger partial charge in [-0.15, -0.1) is 0 Å². The van der Waals surface area contributed by atoms with Crippen molar-refractivity contribution in [2.45, 2.75) is 6.92 Å². The molecule has 1 radical (unpaired) electrons. The summed E-state index contributed by atoms with van der Waals surface area (Å²) in [7, 11) is 0. The van der Waals surface area contributed by atoms with E-state index in [9.17, 15) is 0 Å². The van der Waals surface area contributed by atoms with Crippen molar-refractivity contribution in [3.8, 4) is 0 Å². The summed E-state index contributed by atoms with van der Waals surface area (Å²) in [6.45, 7) is 2.05. The molecule has 0 fully saturated rings. The van der Waals surface area contributed by atoms with Crippen LogP contribution in [0.5, 0.6) is 0 Å². The summed E-state index contributed by atoms with van der Waals surface area (Å²) in [5.74, 6) is 0. The molecule has 0 aliphatic carbocycles. The van der Waals surface area contributed by atoms with Crippen LogP contribution in [-0.2, 0) is 0 Å². The molecule has 1 rings (SSSR count). The van der Waals surface area contributed by atoms with Crippen LogP contribution in [0.25, 0.3) is 0 Å². The van der Waals surface area contributed by atoms with Gasteiger partial charge in [-0.3, -0.25) is 0 Å². The van der Waals surface area contributed by atoms with E-state index in [1.54, 1.807) is 0 Å². The summed E-state index contributed by atoms with van der Waals surface area (Å²) in [6.07, 6.45) is 0. The third-order valence-electron chi connectivity index (χ3n) is 0.863. The zero-order chi connectivity index (χ0) is 5.11. The molecule has 37 valence electrons. The van der Waals surface area contributed by atoms with E-state index in [2.05, 4.69) is 19.1 Å². The van der Waals surface area contributed by atoms with E-state index in [-0.39, 0.29) is 18.9 Å². The minimum atomic E-state index is 0. The van der Waals surface area contributed by atoms with E-state index in [0.717, 1.165) is 0 Å². The van der Waals surface area contributed by atoms with Crippen LogP contribution in [0, 0.1) is 13.0 Å². The zero-order valence-corrected chi connectivity index (χ0v) is 4.31. The standard InChI is InChI=1S/C7H7.Li.H/c1-7-5-3-2-4-6-7;;/h2-3,5-6H,1H3;;. The molecule has 0 unspecified atom stereocenters. The SMILES string of the molecule is Cc1c[c]ccc1.[LiH]. The van der Waals surface area contributed by atoms with Gasteiger partial charge < -0.3 is 0 Å². The maximum absolute atomic E-state index is 2.96. The molecule has 0 saturated carbocycles. The normalized spacial score (nSPS) is 7.62. The summed E-state index contributed by atoms with van der Waals surface area (Å²) in [6, 6.07) is 10.8. The fourth-order valence-corrected chi connectivity index (χ4v) is 0.483. The molecule has 0 atom stereocenters. The summed E-state index contributed by atoms with van der Waals surface area (Å²) < 4.78 is 0. The molecule has 0 bridgehead atoms. The van der Waals surface area contributed by atoms with E-state index >= 15 is 0 Å². The van der Waals surface area contributed by atoms with Crippen LogP contribution >= 0.6 is 0 Å². The van der Waals surface area contributed by atoms with Gasteiger partial charge in [-0.25, -0.2) is 0 Å². The van der Waals surface area contributed by atoms with Gasteiger partial charge in [0.15, 0.2) is 0 Å². The van der Waals surface area contributed by atoms with Gasteiger partial charge in [-0.2, -0.15) is 0 Å². The maximum atomic E-state index is 2.96. The molecule has 1 aromatic carbocycles. The van der Waals surface area contributed by atoms with E-state index in [4.69, 9.17) is 0 Å². The Balaban J connectivity index is 0.000000490. The van der Waals surface area contributed by atoms with Gasteiger partial charge in [0.05, 0.1) is 0 Å². The molecule has 0 spiro atoms. The van der Waals surface area contributed by atoms with Crippen molar-refractivity contribution in [1.82, 2.24) is 0 Å². The van der Waals surface area contributed by atoms with Crippen molar-refractivity contribution in [2.24, 2.45) is 0 Å². The molecule has 0 amide bonds. The van der Waals surface area contributed by atoms with Gasteiger partial charge >= 0.3 is 18.9 Å². The molecule has 0 heterocycles. The van der Waals surface area contributed by atoms with E-state index in [0.29, 0.717) is 0 Å². The Kier molecular flexibility index (Phi) is 3.69. The quantitative estimate of drug-likeness (QED) is 0.428. The van der Waals surface area contributed by atoms with Crippen LogP contribution in [0.3, 0.4) is 0 Å². The van der Waals surface area contributed by atoms with E-state index < -0.39 is 0 Å². The van der Waals surface area contributed by atoms with Gasteiger partial charge in [-0.1, -0.05) is 29.8 Å². The zero-order valence-electron chi connectivity index (χ0n) is 4.31. The third kappa shape index (κ3) is 2.21. The first-order valence-corrected chi connectivity index (χ1v) is 2.32. The molecule has 1 heteroatoms. The molecule has 0 nitrogen and oxygen atoms in total. The average molecular weight is 99.1 g/mol. The Hall–Kier alpha value is -0.183. The van der Waals surface area contributed by atoms with Crippen molar-refractivity contribution in [3.63, 3.8) is 0 Å². The van der Waals surface area contributed by atoms with Crippen molar-refractivity contribution in [1.29, 1.82) is 0 Å². The second kappa shape index (κ2) is 3.78. The van der Waals surface area contributed by atoms with E-state index in [1.807, 2.05) is 18.2 Å². The Labute approximate surface area is 62.1 Å². The van der Waals surface area contributed by atoms with Gasteiger partial charge in [-0.05, 0) is 13.0 Å². The number of aryl methyl sites for hydroxylation is 1. The van der Waals surface area contributed by atoms with Crippen molar-refractivity contribution in [3.05, 3.63) is 35.9 Å². The van der Waals surface area contributed by atoms with Crippen LogP contribution in [0.4, 0.5) is 0 Å². The van der Waals surface area contributed by atoms with Crippen molar-refractivity contribution < 1.29 is 0 Å². The molecule has 0 saturated heterocycles. The topological polar surface area (TPSA) is 0 Å². The second-order valence-corrected chi connectivity index (χ2v) is 1.58. The number of hydrogen-bond acceptors (Lipinski definition) is 0. The monoisotopic (exact) mass is 99.1 g/mol. The molecule has 0 aliphatic heterocycles. The fourth-order valence-electron chi connectivity index (χ4n) is 0.483. The Morgan fingerprint density at radius 2 is 2.25 bits per heavy atom. The molecule has 8 heavy (non-hydrogen) atoms. The van der Waals surface area contributed by atoms with Crippen molar-refractivity contribution >= 4 is 18.9 Å². The fraction of sp³-hybridized carbons (Fsp3) is 0.143. The van der Waals surface area contributed by atoms with Crippen LogP contribution < -0.4 is 0 Å². The summed E-state index contributed by atoms with van der Waals surface area (Å²) in [5, 5.41) is 0. The number of rotatable bonds is 0. The minimum absolute atomic E-state index is 0. The van der Waals surface area contributed by atoms with Crippen LogP contribution in [-0.4, -0.2) is 18.9 Å². The van der Waals surface area contributed by atoms with Gasteiger partial charge in [0.25, 0.3) is 0 Å². The Morgan fingerprint density at radius 3 is 2.50 bits per heavy atom. The van der Waals surface area contributed by atoms with E-state index in [1.165, 1.54) is 5.56 Å². The van der Waals surface area contributed by atoms with Gasteiger partial charge in [0.1, 0.15) is 0 Å². The molecular formula is C7H8Li. The molecule has 0 aromatic heterocycles. The first kappa shape index (κ1) is 7.82. The number of benzene rings is 1. The summed E-state index contributed by atoms with van der Waals surface area (Å²) >= 11 is 0. The number of hydrogen-bond donors (Lipinski definition) is 0. The van der Waals surface area contributed by atoms with Crippen LogP contribution in [0.2, 0.25) is 0 Å². The summed E-state index contributed by atoms with van der Waals surface area (Å²) in [4.78, 5) is 0. The van der Waals surface area contributed by atoms with Crippen LogP contribution in [0.1, 0.15) is 5.56 Å². The Bertz CT molecular complexity index is 134.